The van der Waals surface area contributed by atoms with Crippen LogP contribution in [0.2, 0.25) is 0 Å². The molecule has 42 heavy (non-hydrogen) atoms. The van der Waals surface area contributed by atoms with Crippen LogP contribution in [0.3, 0.4) is 0 Å². The number of carbonyl (C=O) groups excluding carboxylic acids is 1. The number of aromatic amines is 1. The summed E-state index contributed by atoms with van der Waals surface area (Å²) in [6.45, 7) is 6.18. The zero-order valence-electron chi connectivity index (χ0n) is 23.9. The minimum absolute atomic E-state index is 0.169. The number of fused-ring (bicyclic) bond motifs is 2. The minimum Gasteiger partial charge on any atom is -0.322 e. The van der Waals surface area contributed by atoms with Crippen LogP contribution in [0.15, 0.2) is 35.8 Å². The number of alkyl halides is 3. The molecule has 0 bridgehead atoms. The molecule has 0 radical (unpaired) electrons. The highest BCUT2D eigenvalue weighted by Crippen LogP contribution is 2.34. The first-order valence-electron chi connectivity index (χ1n) is 14.1. The van der Waals surface area contributed by atoms with Gasteiger partial charge in [-0.05, 0) is 74.8 Å². The Labute approximate surface area is 246 Å². The van der Waals surface area contributed by atoms with Gasteiger partial charge in [0.05, 0.1) is 16.8 Å². The summed E-state index contributed by atoms with van der Waals surface area (Å²) >= 11 is 1.52. The highest BCUT2D eigenvalue weighted by atomic mass is 32.1. The molecule has 1 atom stereocenters. The van der Waals surface area contributed by atoms with E-state index < -0.39 is 11.7 Å². The first kappa shape index (κ1) is 28.8. The van der Waals surface area contributed by atoms with Gasteiger partial charge in [-0.2, -0.15) is 18.3 Å². The second-order valence-corrected chi connectivity index (χ2v) is 12.5. The third-order valence-electron chi connectivity index (χ3n) is 8.30. The lowest BCUT2D eigenvalue weighted by molar-refractivity contribution is -0.137. The van der Waals surface area contributed by atoms with E-state index in [1.165, 1.54) is 17.4 Å². The Morgan fingerprint density at radius 2 is 1.95 bits per heavy atom. The number of amides is 1. The number of hydrogen-bond acceptors (Lipinski definition) is 7. The van der Waals surface area contributed by atoms with Gasteiger partial charge in [0.2, 0.25) is 0 Å². The summed E-state index contributed by atoms with van der Waals surface area (Å²) < 4.78 is 41.4. The highest BCUT2D eigenvalue weighted by Gasteiger charge is 2.32. The van der Waals surface area contributed by atoms with Crippen LogP contribution in [-0.4, -0.2) is 75.6 Å². The lowest BCUT2D eigenvalue weighted by Gasteiger charge is -2.27. The predicted molar refractivity (Wildman–Crippen MR) is 158 cm³/mol. The van der Waals surface area contributed by atoms with Crippen LogP contribution in [0.1, 0.15) is 49.6 Å². The SMILES string of the molecule is Cc1n[nH]c2ncc(CN3CCc4c(C(=O)Nc5cc(CN6CC[C@@H](N(C)C)C6)cc(C(F)(F)F)c5)csc4C3)cc12. The van der Waals surface area contributed by atoms with E-state index in [1.54, 1.807) is 6.07 Å². The molecule has 3 aromatic heterocycles. The van der Waals surface area contributed by atoms with Crippen LogP contribution in [0, 0.1) is 6.92 Å². The largest absolute Gasteiger partial charge is 0.416 e. The van der Waals surface area contributed by atoms with Gasteiger partial charge in [0.15, 0.2) is 5.65 Å². The highest BCUT2D eigenvalue weighted by molar-refractivity contribution is 7.10. The molecular formula is C30H34F3N7OS. The van der Waals surface area contributed by atoms with Crippen LogP contribution in [0.5, 0.6) is 0 Å². The van der Waals surface area contributed by atoms with E-state index in [1.807, 2.05) is 32.6 Å². The van der Waals surface area contributed by atoms with Crippen molar-refractivity contribution in [3.05, 3.63) is 74.2 Å². The number of aryl methyl sites for hydroxylation is 1. The van der Waals surface area contributed by atoms with E-state index >= 15 is 0 Å². The summed E-state index contributed by atoms with van der Waals surface area (Å²) in [5, 5.41) is 12.8. The van der Waals surface area contributed by atoms with E-state index in [0.29, 0.717) is 36.7 Å². The van der Waals surface area contributed by atoms with Gasteiger partial charge in [-0.3, -0.25) is 19.7 Å². The third kappa shape index (κ3) is 6.07. The number of likely N-dealkylation sites (N-methyl/N-ethyl adjacent to an activating group) is 1. The Morgan fingerprint density at radius 3 is 2.71 bits per heavy atom. The minimum atomic E-state index is -4.51. The first-order valence-corrected chi connectivity index (χ1v) is 14.9. The standard InChI is InChI=1S/C30H34F3N7OS/c1-18-25-10-20(12-34-28(25)37-36-18)14-40-7-5-24-26(17-42-27(24)16-40)29(41)35-22-9-19(8-21(11-22)30(31,32)33)13-39-6-4-23(15-39)38(2)3/h8-12,17,23H,4-7,13-16H2,1-3H3,(H,35,41)(H,34,36,37)/t23-/m1/s1. The van der Waals surface area contributed by atoms with E-state index in [2.05, 4.69) is 41.3 Å². The van der Waals surface area contributed by atoms with Crippen molar-refractivity contribution in [3.8, 4) is 0 Å². The Balaban J connectivity index is 1.15. The smallest absolute Gasteiger partial charge is 0.322 e. The average molecular weight is 598 g/mol. The molecule has 0 aliphatic carbocycles. The number of H-pyrrole nitrogens is 1. The molecule has 12 heteroatoms. The van der Waals surface area contributed by atoms with E-state index in [4.69, 9.17) is 0 Å². The molecule has 4 aromatic rings. The van der Waals surface area contributed by atoms with Gasteiger partial charge in [0.25, 0.3) is 5.91 Å². The number of aromatic nitrogens is 3. The Kier molecular flexibility index (Phi) is 7.81. The molecule has 222 valence electrons. The number of nitrogens with one attached hydrogen (secondary N) is 2. The predicted octanol–water partition coefficient (Wildman–Crippen LogP) is 5.29. The number of benzene rings is 1. The van der Waals surface area contributed by atoms with Crippen LogP contribution < -0.4 is 5.32 Å². The molecule has 1 aromatic carbocycles. The number of likely N-dealkylation sites (tertiary alicyclic amines) is 1. The monoisotopic (exact) mass is 597 g/mol. The number of carbonyl (C=O) groups is 1. The maximum atomic E-state index is 13.8. The van der Waals surface area contributed by atoms with Gasteiger partial charge >= 0.3 is 6.18 Å². The van der Waals surface area contributed by atoms with Crippen LogP contribution in [0.4, 0.5) is 18.9 Å². The number of hydrogen-bond donors (Lipinski definition) is 2. The molecule has 2 aliphatic heterocycles. The summed E-state index contributed by atoms with van der Waals surface area (Å²) in [4.78, 5) is 25.6. The van der Waals surface area contributed by atoms with Crippen LogP contribution in [0.25, 0.3) is 11.0 Å². The van der Waals surface area contributed by atoms with Gasteiger partial charge in [0.1, 0.15) is 0 Å². The van der Waals surface area contributed by atoms with Gasteiger partial charge in [0, 0.05) is 72.8 Å². The number of halogens is 3. The number of anilines is 1. The molecule has 1 amide bonds. The fourth-order valence-electron chi connectivity index (χ4n) is 5.97. The van der Waals surface area contributed by atoms with Crippen molar-refractivity contribution in [2.24, 2.45) is 0 Å². The molecule has 2 aliphatic rings. The lowest BCUT2D eigenvalue weighted by atomic mass is 10.0. The molecule has 1 saturated heterocycles. The Hall–Kier alpha value is -3.32. The molecule has 1 fully saturated rings. The molecule has 2 N–H and O–H groups in total. The molecule has 8 nitrogen and oxygen atoms in total. The summed E-state index contributed by atoms with van der Waals surface area (Å²) in [6, 6.07) is 6.39. The van der Waals surface area contributed by atoms with Crippen molar-refractivity contribution in [2.75, 3.05) is 39.0 Å². The molecule has 6 rings (SSSR count). The average Bonchev–Trinajstić information content (AvgIpc) is 3.67. The van der Waals surface area contributed by atoms with Crippen LogP contribution >= 0.6 is 11.3 Å². The van der Waals surface area contributed by atoms with Crippen molar-refractivity contribution in [2.45, 2.75) is 51.6 Å². The van der Waals surface area contributed by atoms with Gasteiger partial charge in [-0.15, -0.1) is 11.3 Å². The zero-order valence-corrected chi connectivity index (χ0v) is 24.7. The Bertz CT molecular complexity index is 1610. The normalized spacial score (nSPS) is 18.2. The topological polar surface area (TPSA) is 80.4 Å². The summed E-state index contributed by atoms with van der Waals surface area (Å²) in [5.74, 6) is -0.370. The van der Waals surface area contributed by atoms with Crippen molar-refractivity contribution in [1.82, 2.24) is 29.9 Å². The summed E-state index contributed by atoms with van der Waals surface area (Å²) in [6.07, 6.45) is -0.977. The maximum absolute atomic E-state index is 13.8. The van der Waals surface area contributed by atoms with Crippen molar-refractivity contribution >= 4 is 34.0 Å². The summed E-state index contributed by atoms with van der Waals surface area (Å²) in [7, 11) is 4.04. The Morgan fingerprint density at radius 1 is 1.14 bits per heavy atom. The lowest BCUT2D eigenvalue weighted by Crippen LogP contribution is -2.31. The molecular weight excluding hydrogens is 563 g/mol. The van der Waals surface area contributed by atoms with Crippen molar-refractivity contribution in [3.63, 3.8) is 0 Å². The summed E-state index contributed by atoms with van der Waals surface area (Å²) in [5.41, 5.74) is 4.26. The zero-order chi connectivity index (χ0) is 29.6. The van der Waals surface area contributed by atoms with Crippen molar-refractivity contribution in [1.29, 1.82) is 0 Å². The van der Waals surface area contributed by atoms with Crippen LogP contribution in [-0.2, 0) is 32.2 Å². The van der Waals surface area contributed by atoms with Gasteiger partial charge < -0.3 is 10.2 Å². The number of nitrogens with zero attached hydrogens (tertiary/aromatic N) is 5. The fraction of sp³-hybridized carbons (Fsp3) is 0.433. The first-order chi connectivity index (χ1) is 20.0. The quantitative estimate of drug-likeness (QED) is 0.301. The molecule has 0 unspecified atom stereocenters. The van der Waals surface area contributed by atoms with E-state index in [9.17, 15) is 18.0 Å². The molecule has 5 heterocycles. The second kappa shape index (κ2) is 11.4. The van der Waals surface area contributed by atoms with E-state index in [-0.39, 0.29) is 11.6 Å². The maximum Gasteiger partial charge on any atom is 0.416 e. The fourth-order valence-corrected chi connectivity index (χ4v) is 7.10. The van der Waals surface area contributed by atoms with Crippen molar-refractivity contribution < 1.29 is 18.0 Å². The molecule has 0 spiro atoms. The second-order valence-electron chi connectivity index (χ2n) is 11.6. The number of thiophene rings is 1. The number of rotatable bonds is 7. The van der Waals surface area contributed by atoms with Gasteiger partial charge in [-0.25, -0.2) is 4.98 Å². The number of pyridine rings is 1. The van der Waals surface area contributed by atoms with E-state index in [0.717, 1.165) is 71.4 Å². The third-order valence-corrected chi connectivity index (χ3v) is 9.32. The molecule has 0 saturated carbocycles. The van der Waals surface area contributed by atoms with Gasteiger partial charge in [-0.1, -0.05) is 0 Å².